The third-order valence-electron chi connectivity index (χ3n) is 7.15. The van der Waals surface area contributed by atoms with E-state index in [1.165, 1.54) is 29.9 Å². The molecule has 2 aromatic heterocycles. The van der Waals surface area contributed by atoms with Crippen molar-refractivity contribution in [3.63, 3.8) is 0 Å². The van der Waals surface area contributed by atoms with E-state index in [-0.39, 0.29) is 28.9 Å². The molecule has 5 rings (SSSR count). The van der Waals surface area contributed by atoms with Crippen molar-refractivity contribution in [3.05, 3.63) is 68.0 Å². The highest BCUT2D eigenvalue weighted by molar-refractivity contribution is 5.94. The van der Waals surface area contributed by atoms with Gasteiger partial charge in [0, 0.05) is 62.7 Å². The molecule has 0 aliphatic carbocycles. The molecule has 0 unspecified atom stereocenters. The van der Waals surface area contributed by atoms with Crippen molar-refractivity contribution in [1.29, 1.82) is 0 Å². The first-order valence-corrected chi connectivity index (χ1v) is 11.4. The molecule has 164 valence electrons. The van der Waals surface area contributed by atoms with Gasteiger partial charge in [-0.15, -0.1) is 0 Å². The molecule has 3 aliphatic rings. The number of aryl methyl sites for hydroxylation is 1. The maximum absolute atomic E-state index is 13.2. The van der Waals surface area contributed by atoms with Crippen LogP contribution in [0, 0.1) is 5.92 Å². The van der Waals surface area contributed by atoms with Gasteiger partial charge in [0.2, 0.25) is 5.56 Å². The highest BCUT2D eigenvalue weighted by Gasteiger charge is 2.37. The van der Waals surface area contributed by atoms with Gasteiger partial charge in [0.1, 0.15) is 0 Å². The average molecular weight is 423 g/mol. The molecule has 2 atom stereocenters. The Morgan fingerprint density at radius 1 is 1.00 bits per heavy atom. The molecule has 1 amide bonds. The van der Waals surface area contributed by atoms with E-state index in [4.69, 9.17) is 0 Å². The lowest BCUT2D eigenvalue weighted by Crippen LogP contribution is -2.49. The van der Waals surface area contributed by atoms with Gasteiger partial charge in [0.15, 0.2) is 0 Å². The zero-order chi connectivity index (χ0) is 21.5. The summed E-state index contributed by atoms with van der Waals surface area (Å²) in [6.45, 7) is 4.84. The van der Waals surface area contributed by atoms with Crippen LogP contribution in [0.3, 0.4) is 0 Å². The number of piperidine rings is 2. The zero-order valence-corrected chi connectivity index (χ0v) is 18.1. The van der Waals surface area contributed by atoms with E-state index in [9.17, 15) is 14.4 Å². The standard InChI is InChI=1S/C24H30N4O3/c1-25-14-18(6-8-22(25)29)23(30)27-12-17-11-20(16-27)21-7-5-19(24(31)28(21)13-17)15-26-9-3-2-4-10-26/h5-8,14,17,20H,2-4,9-13,15-16H2,1H3/t17-,20+/m0/s1. The number of hydrogen-bond acceptors (Lipinski definition) is 4. The minimum atomic E-state index is -0.124. The van der Waals surface area contributed by atoms with Crippen molar-refractivity contribution < 1.29 is 4.79 Å². The van der Waals surface area contributed by atoms with Gasteiger partial charge >= 0.3 is 0 Å². The molecule has 3 aliphatic heterocycles. The highest BCUT2D eigenvalue weighted by atomic mass is 16.2. The van der Waals surface area contributed by atoms with Crippen molar-refractivity contribution in [2.75, 3.05) is 26.2 Å². The molecule has 0 aromatic carbocycles. The number of carbonyl (C=O) groups is 1. The molecule has 7 nitrogen and oxygen atoms in total. The minimum absolute atomic E-state index is 0.0391. The van der Waals surface area contributed by atoms with E-state index >= 15 is 0 Å². The Morgan fingerprint density at radius 3 is 2.58 bits per heavy atom. The fraction of sp³-hybridized carbons (Fsp3) is 0.542. The maximum atomic E-state index is 13.2. The van der Waals surface area contributed by atoms with Crippen LogP contribution in [0.25, 0.3) is 0 Å². The molecule has 2 saturated heterocycles. The smallest absolute Gasteiger partial charge is 0.255 e. The van der Waals surface area contributed by atoms with E-state index in [0.29, 0.717) is 25.2 Å². The Labute approximate surface area is 181 Å². The first kappa shape index (κ1) is 20.2. The summed E-state index contributed by atoms with van der Waals surface area (Å²) in [6.07, 6.45) is 6.35. The lowest BCUT2D eigenvalue weighted by molar-refractivity contribution is 0.0593. The number of likely N-dealkylation sites (tertiary alicyclic amines) is 2. The molecule has 2 aromatic rings. The van der Waals surface area contributed by atoms with Gasteiger partial charge in [-0.05, 0) is 50.4 Å². The SMILES string of the molecule is Cn1cc(C(=O)N2C[C@@H]3C[C@H](C2)c2ccc(CN4CCCCC4)c(=O)n2C3)ccc1=O. The van der Waals surface area contributed by atoms with Gasteiger partial charge in [-0.25, -0.2) is 0 Å². The average Bonchev–Trinajstić information content (AvgIpc) is 2.78. The third-order valence-corrected chi connectivity index (χ3v) is 7.15. The molecule has 2 fully saturated rings. The summed E-state index contributed by atoms with van der Waals surface area (Å²) in [6, 6.07) is 7.18. The number of rotatable bonds is 3. The van der Waals surface area contributed by atoms with Crippen LogP contribution in [-0.4, -0.2) is 51.0 Å². The van der Waals surface area contributed by atoms with Crippen LogP contribution in [-0.2, 0) is 20.1 Å². The number of aromatic nitrogens is 2. The van der Waals surface area contributed by atoms with E-state index in [1.54, 1.807) is 19.3 Å². The molecule has 31 heavy (non-hydrogen) atoms. The lowest BCUT2D eigenvalue weighted by atomic mass is 9.82. The molecule has 0 saturated carbocycles. The van der Waals surface area contributed by atoms with Crippen LogP contribution in [0.4, 0.5) is 0 Å². The van der Waals surface area contributed by atoms with Gasteiger partial charge in [-0.3, -0.25) is 19.3 Å². The number of amides is 1. The monoisotopic (exact) mass is 422 g/mol. The largest absolute Gasteiger partial charge is 0.338 e. The maximum Gasteiger partial charge on any atom is 0.255 e. The Bertz CT molecular complexity index is 1110. The van der Waals surface area contributed by atoms with Gasteiger partial charge in [-0.1, -0.05) is 12.5 Å². The minimum Gasteiger partial charge on any atom is -0.338 e. The van der Waals surface area contributed by atoms with Crippen LogP contribution < -0.4 is 11.1 Å². The van der Waals surface area contributed by atoms with Crippen molar-refractivity contribution in [2.45, 2.75) is 44.7 Å². The molecule has 0 N–H and O–H groups in total. The predicted octanol–water partition coefficient (Wildman–Crippen LogP) is 1.79. The van der Waals surface area contributed by atoms with Crippen LogP contribution in [0.15, 0.2) is 40.1 Å². The van der Waals surface area contributed by atoms with E-state index in [0.717, 1.165) is 37.3 Å². The number of fused-ring (bicyclic) bond motifs is 4. The van der Waals surface area contributed by atoms with Crippen LogP contribution in [0.2, 0.25) is 0 Å². The number of nitrogens with zero attached hydrogens (tertiary/aromatic N) is 4. The summed E-state index contributed by atoms with van der Waals surface area (Å²) in [4.78, 5) is 42.3. The van der Waals surface area contributed by atoms with E-state index < -0.39 is 0 Å². The zero-order valence-electron chi connectivity index (χ0n) is 18.1. The first-order chi connectivity index (χ1) is 15.0. The summed E-state index contributed by atoms with van der Waals surface area (Å²) in [5.41, 5.74) is 2.51. The third kappa shape index (κ3) is 3.87. The summed E-state index contributed by atoms with van der Waals surface area (Å²) in [5, 5.41) is 0. The molecular weight excluding hydrogens is 392 g/mol. The van der Waals surface area contributed by atoms with Crippen molar-refractivity contribution in [2.24, 2.45) is 13.0 Å². The van der Waals surface area contributed by atoms with Gasteiger partial charge < -0.3 is 14.0 Å². The quantitative estimate of drug-likeness (QED) is 0.757. The van der Waals surface area contributed by atoms with Crippen molar-refractivity contribution in [3.8, 4) is 0 Å². The van der Waals surface area contributed by atoms with E-state index in [2.05, 4.69) is 11.0 Å². The molecule has 7 heteroatoms. The van der Waals surface area contributed by atoms with Gasteiger partial charge in [-0.2, -0.15) is 0 Å². The lowest BCUT2D eigenvalue weighted by Gasteiger charge is -2.43. The number of carbonyl (C=O) groups excluding carboxylic acids is 1. The fourth-order valence-corrected chi connectivity index (χ4v) is 5.54. The summed E-state index contributed by atoms with van der Waals surface area (Å²) >= 11 is 0. The fourth-order valence-electron chi connectivity index (χ4n) is 5.54. The highest BCUT2D eigenvalue weighted by Crippen LogP contribution is 2.35. The molecule has 0 radical (unpaired) electrons. The topological polar surface area (TPSA) is 67.6 Å². The van der Waals surface area contributed by atoms with Crippen molar-refractivity contribution in [1.82, 2.24) is 18.9 Å². The second-order valence-corrected chi connectivity index (χ2v) is 9.41. The number of pyridine rings is 2. The molecule has 2 bridgehead atoms. The summed E-state index contributed by atoms with van der Waals surface area (Å²) < 4.78 is 3.42. The molecule has 0 spiro atoms. The summed E-state index contributed by atoms with van der Waals surface area (Å²) in [5.74, 6) is 0.425. The molecule has 5 heterocycles. The Hall–Kier alpha value is -2.67. The van der Waals surface area contributed by atoms with Crippen LogP contribution >= 0.6 is 0 Å². The van der Waals surface area contributed by atoms with Crippen LogP contribution in [0.5, 0.6) is 0 Å². The normalized spacial score (nSPS) is 23.5. The first-order valence-electron chi connectivity index (χ1n) is 11.4. The summed E-state index contributed by atoms with van der Waals surface area (Å²) in [7, 11) is 1.66. The predicted molar refractivity (Wildman–Crippen MR) is 118 cm³/mol. The molecular formula is C24H30N4O3. The van der Waals surface area contributed by atoms with Crippen LogP contribution in [0.1, 0.15) is 53.2 Å². The van der Waals surface area contributed by atoms with Crippen molar-refractivity contribution >= 4 is 5.91 Å². The Kier molecular flexibility index (Phi) is 5.30. The Balaban J connectivity index is 1.37. The second kappa shape index (κ2) is 8.11. The van der Waals surface area contributed by atoms with Gasteiger partial charge in [0.05, 0.1) is 5.56 Å². The Morgan fingerprint density at radius 2 is 1.81 bits per heavy atom. The number of hydrogen-bond donors (Lipinski definition) is 0. The van der Waals surface area contributed by atoms with E-state index in [1.807, 2.05) is 15.5 Å². The van der Waals surface area contributed by atoms with Gasteiger partial charge in [0.25, 0.3) is 11.5 Å². The second-order valence-electron chi connectivity index (χ2n) is 9.41.